The number of carbonyl (C=O) groups excluding carboxylic acids is 1. The number of para-hydroxylation sites is 1. The van der Waals surface area contributed by atoms with Crippen molar-refractivity contribution < 1.29 is 4.79 Å². The molecule has 2 heterocycles. The average molecular weight is 270 g/mol. The standard InChI is InChI=1S/C15H18N4O/c1-10-11-5-2-3-6-12(11)18-14(17-10)9-19-8-4-7-13(19)15(16)20/h2-3,5-6,13H,4,7-9H2,1H3,(H2,16,20). The number of fused-ring (bicyclic) bond motifs is 1. The fourth-order valence-electron chi connectivity index (χ4n) is 2.88. The van der Waals surface area contributed by atoms with Gasteiger partial charge in [-0.2, -0.15) is 0 Å². The molecule has 1 amide bonds. The van der Waals surface area contributed by atoms with Gasteiger partial charge in [0.1, 0.15) is 5.82 Å². The number of nitrogens with two attached hydrogens (primary N) is 1. The van der Waals surface area contributed by atoms with E-state index in [4.69, 9.17) is 5.73 Å². The minimum absolute atomic E-state index is 0.176. The molecular weight excluding hydrogens is 252 g/mol. The SMILES string of the molecule is Cc1nc(CN2CCCC2C(N)=O)nc2ccccc12. The monoisotopic (exact) mass is 270 g/mol. The van der Waals surface area contributed by atoms with Gasteiger partial charge in [-0.25, -0.2) is 9.97 Å². The molecule has 1 saturated heterocycles. The molecule has 5 heteroatoms. The lowest BCUT2D eigenvalue weighted by atomic mass is 10.2. The van der Waals surface area contributed by atoms with Crippen LogP contribution in [-0.2, 0) is 11.3 Å². The van der Waals surface area contributed by atoms with Crippen molar-refractivity contribution in [2.24, 2.45) is 5.73 Å². The number of aryl methyl sites for hydroxylation is 1. The van der Waals surface area contributed by atoms with E-state index >= 15 is 0 Å². The molecule has 0 bridgehead atoms. The number of hydrogen-bond donors (Lipinski definition) is 1. The van der Waals surface area contributed by atoms with Gasteiger partial charge < -0.3 is 5.73 Å². The number of benzene rings is 1. The Morgan fingerprint density at radius 1 is 1.40 bits per heavy atom. The van der Waals surface area contributed by atoms with Crippen molar-refractivity contribution in [1.29, 1.82) is 0 Å². The van der Waals surface area contributed by atoms with Gasteiger partial charge in [-0.05, 0) is 32.4 Å². The van der Waals surface area contributed by atoms with Crippen molar-refractivity contribution in [3.05, 3.63) is 35.8 Å². The predicted octanol–water partition coefficient (Wildman–Crippen LogP) is 1.39. The molecule has 0 aliphatic carbocycles. The van der Waals surface area contributed by atoms with Crippen LogP contribution in [0.1, 0.15) is 24.4 Å². The van der Waals surface area contributed by atoms with E-state index in [1.807, 2.05) is 31.2 Å². The number of rotatable bonds is 3. The van der Waals surface area contributed by atoms with Crippen LogP contribution in [0.15, 0.2) is 24.3 Å². The second kappa shape index (κ2) is 5.17. The molecule has 1 aliphatic heterocycles. The fourth-order valence-corrected chi connectivity index (χ4v) is 2.88. The smallest absolute Gasteiger partial charge is 0.234 e. The molecule has 1 aromatic carbocycles. The van der Waals surface area contributed by atoms with Gasteiger partial charge in [-0.3, -0.25) is 9.69 Å². The third-order valence-electron chi connectivity index (χ3n) is 3.88. The van der Waals surface area contributed by atoms with Gasteiger partial charge >= 0.3 is 0 Å². The van der Waals surface area contributed by atoms with E-state index in [-0.39, 0.29) is 11.9 Å². The summed E-state index contributed by atoms with van der Waals surface area (Å²) in [6, 6.07) is 7.80. The zero-order valence-corrected chi connectivity index (χ0v) is 11.5. The Labute approximate surface area is 117 Å². The summed E-state index contributed by atoms with van der Waals surface area (Å²) >= 11 is 0. The molecule has 0 saturated carbocycles. The van der Waals surface area contributed by atoms with Gasteiger partial charge in [0, 0.05) is 11.1 Å². The maximum absolute atomic E-state index is 11.4. The molecule has 1 aromatic heterocycles. The molecule has 2 aromatic rings. The molecule has 1 unspecified atom stereocenters. The van der Waals surface area contributed by atoms with Gasteiger partial charge in [-0.1, -0.05) is 18.2 Å². The summed E-state index contributed by atoms with van der Waals surface area (Å²) in [5.74, 6) is 0.509. The van der Waals surface area contributed by atoms with Gasteiger partial charge in [-0.15, -0.1) is 0 Å². The summed E-state index contributed by atoms with van der Waals surface area (Å²) < 4.78 is 0. The first-order chi connectivity index (χ1) is 9.65. The molecule has 20 heavy (non-hydrogen) atoms. The van der Waals surface area contributed by atoms with E-state index in [1.54, 1.807) is 0 Å². The van der Waals surface area contributed by atoms with Crippen LogP contribution in [0.4, 0.5) is 0 Å². The van der Waals surface area contributed by atoms with E-state index in [2.05, 4.69) is 14.9 Å². The van der Waals surface area contributed by atoms with Crippen LogP contribution in [-0.4, -0.2) is 33.4 Å². The molecule has 3 rings (SSSR count). The Morgan fingerprint density at radius 2 is 2.20 bits per heavy atom. The maximum Gasteiger partial charge on any atom is 0.234 e. The average Bonchev–Trinajstić information content (AvgIpc) is 2.87. The molecule has 2 N–H and O–H groups in total. The van der Waals surface area contributed by atoms with Crippen LogP contribution in [0, 0.1) is 6.92 Å². The van der Waals surface area contributed by atoms with Crippen LogP contribution in [0.5, 0.6) is 0 Å². The summed E-state index contributed by atoms with van der Waals surface area (Å²) in [7, 11) is 0. The van der Waals surface area contributed by atoms with Crippen LogP contribution in [0.3, 0.4) is 0 Å². The zero-order valence-electron chi connectivity index (χ0n) is 11.5. The highest BCUT2D eigenvalue weighted by Crippen LogP contribution is 2.20. The van der Waals surface area contributed by atoms with Crippen LogP contribution < -0.4 is 5.73 Å². The number of aromatic nitrogens is 2. The third-order valence-corrected chi connectivity index (χ3v) is 3.88. The second-order valence-corrected chi connectivity index (χ2v) is 5.27. The lowest BCUT2D eigenvalue weighted by Gasteiger charge is -2.21. The molecule has 1 aliphatic rings. The summed E-state index contributed by atoms with van der Waals surface area (Å²) in [6.45, 7) is 3.45. The fraction of sp³-hybridized carbons (Fsp3) is 0.400. The summed E-state index contributed by atoms with van der Waals surface area (Å²) in [5, 5.41) is 1.07. The van der Waals surface area contributed by atoms with Crippen LogP contribution in [0.25, 0.3) is 10.9 Å². The lowest BCUT2D eigenvalue weighted by Crippen LogP contribution is -2.40. The zero-order chi connectivity index (χ0) is 14.1. The predicted molar refractivity (Wildman–Crippen MR) is 76.9 cm³/mol. The molecule has 5 nitrogen and oxygen atoms in total. The number of carbonyl (C=O) groups is 1. The van der Waals surface area contributed by atoms with Gasteiger partial charge in [0.25, 0.3) is 0 Å². The highest BCUT2D eigenvalue weighted by molar-refractivity contribution is 5.81. The molecule has 1 fully saturated rings. The van der Waals surface area contributed by atoms with Gasteiger partial charge in [0.2, 0.25) is 5.91 Å². The molecule has 1 atom stereocenters. The topological polar surface area (TPSA) is 72.1 Å². The van der Waals surface area contributed by atoms with E-state index in [1.165, 1.54) is 0 Å². The Morgan fingerprint density at radius 3 is 3.00 bits per heavy atom. The Bertz CT molecular complexity index is 655. The van der Waals surface area contributed by atoms with E-state index in [0.29, 0.717) is 6.54 Å². The Balaban J connectivity index is 1.89. The van der Waals surface area contributed by atoms with E-state index in [0.717, 1.165) is 41.8 Å². The van der Waals surface area contributed by atoms with Crippen molar-refractivity contribution >= 4 is 16.8 Å². The molecule has 0 spiro atoms. The highest BCUT2D eigenvalue weighted by atomic mass is 16.1. The van der Waals surface area contributed by atoms with Gasteiger partial charge in [0.05, 0.1) is 18.1 Å². The lowest BCUT2D eigenvalue weighted by molar-refractivity contribution is -0.122. The van der Waals surface area contributed by atoms with Crippen LogP contribution in [0.2, 0.25) is 0 Å². The van der Waals surface area contributed by atoms with Crippen molar-refractivity contribution in [3.63, 3.8) is 0 Å². The van der Waals surface area contributed by atoms with Crippen molar-refractivity contribution in [1.82, 2.24) is 14.9 Å². The summed E-state index contributed by atoms with van der Waals surface area (Å²) in [4.78, 5) is 22.6. The first-order valence-corrected chi connectivity index (χ1v) is 6.91. The van der Waals surface area contributed by atoms with E-state index in [9.17, 15) is 4.79 Å². The van der Waals surface area contributed by atoms with Crippen molar-refractivity contribution in [2.75, 3.05) is 6.54 Å². The molecule has 0 radical (unpaired) electrons. The largest absolute Gasteiger partial charge is 0.368 e. The molecule has 104 valence electrons. The number of nitrogens with zero attached hydrogens (tertiary/aromatic N) is 3. The summed E-state index contributed by atoms with van der Waals surface area (Å²) in [5.41, 5.74) is 7.36. The van der Waals surface area contributed by atoms with Crippen molar-refractivity contribution in [2.45, 2.75) is 32.4 Å². The van der Waals surface area contributed by atoms with Gasteiger partial charge in [0.15, 0.2) is 0 Å². The Hall–Kier alpha value is -2.01. The van der Waals surface area contributed by atoms with Crippen LogP contribution >= 0.6 is 0 Å². The minimum atomic E-state index is -0.250. The van der Waals surface area contributed by atoms with E-state index < -0.39 is 0 Å². The highest BCUT2D eigenvalue weighted by Gasteiger charge is 2.29. The summed E-state index contributed by atoms with van der Waals surface area (Å²) in [6.07, 6.45) is 1.84. The normalized spacial score (nSPS) is 19.6. The maximum atomic E-state index is 11.4. The number of amides is 1. The number of primary amides is 1. The first kappa shape index (κ1) is 13.0. The Kier molecular flexibility index (Phi) is 3.36. The molecular formula is C15H18N4O. The first-order valence-electron chi connectivity index (χ1n) is 6.91. The van der Waals surface area contributed by atoms with Crippen molar-refractivity contribution in [3.8, 4) is 0 Å². The second-order valence-electron chi connectivity index (χ2n) is 5.27. The quantitative estimate of drug-likeness (QED) is 0.914. The number of hydrogen-bond acceptors (Lipinski definition) is 4. The minimum Gasteiger partial charge on any atom is -0.368 e. The number of likely N-dealkylation sites (tertiary alicyclic amines) is 1. The third kappa shape index (κ3) is 2.36.